The minimum absolute atomic E-state index is 0.244. The molecule has 0 unspecified atom stereocenters. The first-order valence-electron chi connectivity index (χ1n) is 12.1. The van der Waals surface area contributed by atoms with Crippen molar-refractivity contribution in [3.05, 3.63) is 100 Å². The van der Waals surface area contributed by atoms with Crippen LogP contribution in [0.15, 0.2) is 72.8 Å². The predicted octanol–water partition coefficient (Wildman–Crippen LogP) is 6.41. The number of ether oxygens (including phenoxy) is 3. The molecular formula is C30H25ClO5. The van der Waals surface area contributed by atoms with Gasteiger partial charge in [0.05, 0.1) is 11.2 Å². The topological polar surface area (TPSA) is 65.0 Å². The Morgan fingerprint density at radius 3 is 2.58 bits per heavy atom. The Labute approximate surface area is 214 Å². The number of carbonyl (C=O) groups is 1. The third-order valence-electron chi connectivity index (χ3n) is 7.11. The van der Waals surface area contributed by atoms with Crippen molar-refractivity contribution in [2.75, 3.05) is 13.2 Å². The van der Waals surface area contributed by atoms with Crippen LogP contribution in [0.3, 0.4) is 0 Å². The second-order valence-electron chi connectivity index (χ2n) is 9.38. The van der Waals surface area contributed by atoms with Crippen LogP contribution in [0, 0.1) is 0 Å². The smallest absolute Gasteiger partial charge is 0.338 e. The van der Waals surface area contributed by atoms with Crippen LogP contribution in [0.4, 0.5) is 0 Å². The van der Waals surface area contributed by atoms with E-state index >= 15 is 0 Å². The number of esters is 1. The number of cyclic esters (lactones) is 1. The maximum atomic E-state index is 12.3. The zero-order valence-electron chi connectivity index (χ0n) is 19.6. The van der Waals surface area contributed by atoms with Crippen molar-refractivity contribution in [3.8, 4) is 16.9 Å². The van der Waals surface area contributed by atoms with Gasteiger partial charge < -0.3 is 19.3 Å². The number of hydrogen-bond donors (Lipinski definition) is 1. The molecule has 6 rings (SSSR count). The number of aliphatic hydroxyl groups is 1. The Kier molecular flexibility index (Phi) is 5.92. The molecule has 4 aromatic rings. The fourth-order valence-corrected chi connectivity index (χ4v) is 5.24. The maximum absolute atomic E-state index is 12.3. The van der Waals surface area contributed by atoms with Crippen molar-refractivity contribution < 1.29 is 24.1 Å². The lowest BCUT2D eigenvalue weighted by molar-refractivity contribution is -0.0679. The highest BCUT2D eigenvalue weighted by Crippen LogP contribution is 2.40. The van der Waals surface area contributed by atoms with Crippen LogP contribution < -0.4 is 4.74 Å². The van der Waals surface area contributed by atoms with Gasteiger partial charge in [0.2, 0.25) is 0 Å². The Morgan fingerprint density at radius 2 is 1.78 bits per heavy atom. The lowest BCUT2D eigenvalue weighted by Crippen LogP contribution is -2.33. The van der Waals surface area contributed by atoms with Gasteiger partial charge in [-0.15, -0.1) is 0 Å². The van der Waals surface area contributed by atoms with E-state index < -0.39 is 5.60 Å². The van der Waals surface area contributed by atoms with Crippen molar-refractivity contribution >= 4 is 28.3 Å². The van der Waals surface area contributed by atoms with Gasteiger partial charge in [0.1, 0.15) is 19.0 Å². The largest absolute Gasteiger partial charge is 0.489 e. The Hall–Kier alpha value is -3.38. The van der Waals surface area contributed by atoms with Crippen LogP contribution in [-0.2, 0) is 28.3 Å². The molecule has 36 heavy (non-hydrogen) atoms. The van der Waals surface area contributed by atoms with Crippen molar-refractivity contribution in [2.24, 2.45) is 0 Å². The minimum Gasteiger partial charge on any atom is -0.489 e. The SMILES string of the molecule is O=C1OCc2c1cc1ccc(OCc3cccc(C4(O)CCOCC4)c3)cc1c2-c1ccc(Cl)cc1. The van der Waals surface area contributed by atoms with E-state index in [1.54, 1.807) is 0 Å². The molecule has 1 N–H and O–H groups in total. The van der Waals surface area contributed by atoms with Crippen LogP contribution in [0.5, 0.6) is 5.75 Å². The van der Waals surface area contributed by atoms with E-state index in [0.29, 0.717) is 43.2 Å². The molecule has 2 aliphatic rings. The van der Waals surface area contributed by atoms with Crippen LogP contribution in [0.25, 0.3) is 21.9 Å². The Bertz CT molecular complexity index is 1450. The van der Waals surface area contributed by atoms with Gasteiger partial charge >= 0.3 is 5.97 Å². The van der Waals surface area contributed by atoms with Gasteiger partial charge in [0.15, 0.2) is 0 Å². The molecule has 1 saturated heterocycles. The average Bonchev–Trinajstić information content (AvgIpc) is 3.27. The fraction of sp³-hybridized carbons (Fsp3) is 0.233. The van der Waals surface area contributed by atoms with E-state index in [0.717, 1.165) is 44.3 Å². The number of carbonyl (C=O) groups excluding carboxylic acids is 1. The van der Waals surface area contributed by atoms with Crippen molar-refractivity contribution in [2.45, 2.75) is 31.7 Å². The summed E-state index contributed by atoms with van der Waals surface area (Å²) in [5.74, 6) is 0.423. The van der Waals surface area contributed by atoms with E-state index in [1.165, 1.54) is 0 Å². The molecule has 1 fully saturated rings. The molecular weight excluding hydrogens is 476 g/mol. The highest BCUT2D eigenvalue weighted by Gasteiger charge is 2.32. The van der Waals surface area contributed by atoms with Gasteiger partial charge in [-0.05, 0) is 69.4 Å². The normalized spacial score (nSPS) is 16.6. The second kappa shape index (κ2) is 9.25. The predicted molar refractivity (Wildman–Crippen MR) is 138 cm³/mol. The van der Waals surface area contributed by atoms with E-state index in [9.17, 15) is 9.90 Å². The van der Waals surface area contributed by atoms with Gasteiger partial charge in [-0.3, -0.25) is 0 Å². The summed E-state index contributed by atoms with van der Waals surface area (Å²) in [6, 6.07) is 23.3. The quantitative estimate of drug-likeness (QED) is 0.321. The van der Waals surface area contributed by atoms with Crippen molar-refractivity contribution in [3.63, 3.8) is 0 Å². The third-order valence-corrected chi connectivity index (χ3v) is 7.36. The Morgan fingerprint density at radius 1 is 0.972 bits per heavy atom. The molecule has 6 heteroatoms. The first kappa shape index (κ1) is 23.0. The summed E-state index contributed by atoms with van der Waals surface area (Å²) in [6.07, 6.45) is 1.18. The summed E-state index contributed by atoms with van der Waals surface area (Å²) >= 11 is 6.13. The third kappa shape index (κ3) is 4.24. The summed E-state index contributed by atoms with van der Waals surface area (Å²) in [4.78, 5) is 12.3. The molecule has 0 amide bonds. The fourth-order valence-electron chi connectivity index (χ4n) is 5.12. The molecule has 5 nitrogen and oxygen atoms in total. The Balaban J connectivity index is 1.33. The minimum atomic E-state index is -0.857. The van der Waals surface area contributed by atoms with Gasteiger partial charge in [-0.2, -0.15) is 0 Å². The van der Waals surface area contributed by atoms with Crippen LogP contribution in [0.2, 0.25) is 5.02 Å². The molecule has 0 bridgehead atoms. The summed E-state index contributed by atoms with van der Waals surface area (Å²) < 4.78 is 17.0. The number of benzene rings is 4. The summed E-state index contributed by atoms with van der Waals surface area (Å²) in [5, 5.41) is 13.6. The van der Waals surface area contributed by atoms with Gasteiger partial charge in [-0.1, -0.05) is 48.0 Å². The molecule has 2 aliphatic heterocycles. The highest BCUT2D eigenvalue weighted by atomic mass is 35.5. The van der Waals surface area contributed by atoms with Gasteiger partial charge in [-0.25, -0.2) is 4.79 Å². The highest BCUT2D eigenvalue weighted by molar-refractivity contribution is 6.30. The standard InChI is InChI=1S/C30H25ClO5/c31-23-7-4-20(5-8-23)28-25-16-24(9-6-21(25)15-26-27(28)18-36-29(26)32)35-17-19-2-1-3-22(14-19)30(33)10-12-34-13-11-30/h1-9,14-16,33H,10-13,17-18H2. The summed E-state index contributed by atoms with van der Waals surface area (Å²) in [7, 11) is 0. The van der Waals surface area contributed by atoms with E-state index in [4.69, 9.17) is 25.8 Å². The van der Waals surface area contributed by atoms with E-state index in [-0.39, 0.29) is 12.6 Å². The zero-order chi connectivity index (χ0) is 24.7. The molecule has 182 valence electrons. The summed E-state index contributed by atoms with van der Waals surface area (Å²) in [6.45, 7) is 1.73. The van der Waals surface area contributed by atoms with E-state index in [1.807, 2.05) is 72.8 Å². The first-order valence-corrected chi connectivity index (χ1v) is 12.4. The van der Waals surface area contributed by atoms with Crippen molar-refractivity contribution in [1.29, 1.82) is 0 Å². The second-order valence-corrected chi connectivity index (χ2v) is 9.81. The molecule has 0 radical (unpaired) electrons. The monoisotopic (exact) mass is 500 g/mol. The van der Waals surface area contributed by atoms with Crippen LogP contribution in [-0.4, -0.2) is 24.3 Å². The molecule has 0 aromatic heterocycles. The molecule has 2 heterocycles. The number of hydrogen-bond acceptors (Lipinski definition) is 5. The first-order chi connectivity index (χ1) is 17.5. The van der Waals surface area contributed by atoms with Crippen molar-refractivity contribution in [1.82, 2.24) is 0 Å². The van der Waals surface area contributed by atoms with Crippen LogP contribution >= 0.6 is 11.6 Å². The summed E-state index contributed by atoms with van der Waals surface area (Å²) in [5.41, 5.74) is 4.43. The molecule has 0 atom stereocenters. The zero-order valence-corrected chi connectivity index (χ0v) is 20.4. The number of rotatable bonds is 5. The average molecular weight is 501 g/mol. The number of halogens is 1. The lowest BCUT2D eigenvalue weighted by Gasteiger charge is -2.32. The number of fused-ring (bicyclic) bond motifs is 2. The molecule has 0 spiro atoms. The maximum Gasteiger partial charge on any atom is 0.338 e. The van der Waals surface area contributed by atoms with E-state index in [2.05, 4.69) is 0 Å². The van der Waals surface area contributed by atoms with Gasteiger partial charge in [0.25, 0.3) is 0 Å². The lowest BCUT2D eigenvalue weighted by atomic mass is 9.86. The molecule has 0 aliphatic carbocycles. The van der Waals surface area contributed by atoms with Crippen LogP contribution in [0.1, 0.15) is 39.9 Å². The molecule has 4 aromatic carbocycles. The molecule has 0 saturated carbocycles. The van der Waals surface area contributed by atoms with Gasteiger partial charge in [0, 0.05) is 36.6 Å².